The van der Waals surface area contributed by atoms with E-state index in [4.69, 9.17) is 25.8 Å². The van der Waals surface area contributed by atoms with Gasteiger partial charge in [0, 0.05) is 27.6 Å². The quantitative estimate of drug-likeness (QED) is 0.0872. The third kappa shape index (κ3) is 8.03. The van der Waals surface area contributed by atoms with Gasteiger partial charge in [0.05, 0.1) is 6.61 Å². The number of nitrogens with one attached hydrogen (secondary N) is 1. The topological polar surface area (TPSA) is 73.9 Å². The van der Waals surface area contributed by atoms with E-state index >= 15 is 4.79 Å². The molecule has 9 rings (SSSR count). The van der Waals surface area contributed by atoms with Gasteiger partial charge in [-0.1, -0.05) is 230 Å². The molecule has 6 nitrogen and oxygen atoms in total. The van der Waals surface area contributed by atoms with Crippen molar-refractivity contribution in [3.05, 3.63) is 274 Å². The molecule has 0 aliphatic heterocycles. The number of hydrogen-bond acceptors (Lipinski definition) is 5. The summed E-state index contributed by atoms with van der Waals surface area (Å²) in [5, 5.41) is 3.31. The lowest BCUT2D eigenvalue weighted by Crippen LogP contribution is -2.50. The van der Waals surface area contributed by atoms with Gasteiger partial charge >= 0.3 is 12.1 Å². The minimum atomic E-state index is -1.55. The van der Waals surface area contributed by atoms with Gasteiger partial charge in [-0.3, -0.25) is 0 Å². The van der Waals surface area contributed by atoms with E-state index in [1.807, 2.05) is 194 Å². The second-order valence-electron chi connectivity index (χ2n) is 15.4. The van der Waals surface area contributed by atoms with Gasteiger partial charge in [0.25, 0.3) is 0 Å². The van der Waals surface area contributed by atoms with E-state index in [0.29, 0.717) is 21.7 Å². The lowest BCUT2D eigenvalue weighted by Gasteiger charge is -2.39. The molecule has 0 saturated carbocycles. The van der Waals surface area contributed by atoms with Crippen molar-refractivity contribution in [1.29, 1.82) is 0 Å². The molecule has 1 amide bonds. The molecule has 0 spiro atoms. The fourth-order valence-electron chi connectivity index (χ4n) is 8.89. The van der Waals surface area contributed by atoms with Crippen molar-refractivity contribution in [3.63, 3.8) is 0 Å². The molecule has 1 aliphatic rings. The van der Waals surface area contributed by atoms with Crippen molar-refractivity contribution in [2.45, 2.75) is 23.2 Å². The molecule has 8 aromatic rings. The number of hydrogen-bond donors (Lipinski definition) is 1. The zero-order valence-corrected chi connectivity index (χ0v) is 35.1. The number of fused-ring (bicyclic) bond motifs is 3. The van der Waals surface area contributed by atoms with Crippen LogP contribution in [-0.4, -0.2) is 31.3 Å². The maximum Gasteiger partial charge on any atom is 0.407 e. The van der Waals surface area contributed by atoms with Crippen LogP contribution in [0.5, 0.6) is 0 Å². The van der Waals surface area contributed by atoms with Crippen LogP contribution in [0.3, 0.4) is 0 Å². The van der Waals surface area contributed by atoms with E-state index in [1.165, 1.54) is 0 Å². The summed E-state index contributed by atoms with van der Waals surface area (Å²) >= 11 is 7.05. The van der Waals surface area contributed by atoms with Crippen molar-refractivity contribution in [3.8, 4) is 11.1 Å². The first-order valence-corrected chi connectivity index (χ1v) is 21.4. The molecule has 7 heteroatoms. The number of ether oxygens (including phenoxy) is 3. The third-order valence-electron chi connectivity index (χ3n) is 11.8. The summed E-state index contributed by atoms with van der Waals surface area (Å²) < 4.78 is 20.2. The number of halogens is 1. The zero-order valence-electron chi connectivity index (χ0n) is 34.4. The number of amides is 1. The van der Waals surface area contributed by atoms with Gasteiger partial charge in [0.15, 0.2) is 11.6 Å². The van der Waals surface area contributed by atoms with Gasteiger partial charge in [-0.05, 0) is 45.0 Å². The highest BCUT2D eigenvalue weighted by molar-refractivity contribution is 6.31. The predicted octanol–water partition coefficient (Wildman–Crippen LogP) is 12.1. The highest BCUT2D eigenvalue weighted by Gasteiger charge is 2.45. The molecular formula is C56H44ClNO5. The molecular weight excluding hydrogens is 802 g/mol. The molecule has 0 fully saturated rings. The first-order valence-electron chi connectivity index (χ1n) is 21.0. The van der Waals surface area contributed by atoms with Crippen LogP contribution in [0, 0.1) is 0 Å². The first-order chi connectivity index (χ1) is 31.0. The Morgan fingerprint density at radius 3 is 1.32 bits per heavy atom. The Bertz CT molecular complexity index is 2620. The van der Waals surface area contributed by atoms with Gasteiger partial charge in [0.2, 0.25) is 0 Å². The summed E-state index contributed by atoms with van der Waals surface area (Å²) in [6.45, 7) is -0.272. The van der Waals surface area contributed by atoms with Crippen LogP contribution in [-0.2, 0) is 30.2 Å². The summed E-state index contributed by atoms with van der Waals surface area (Å²) in [6, 6.07) is 70.8. The molecule has 1 N–H and O–H groups in total. The lowest BCUT2D eigenvalue weighted by atomic mass is 9.79. The Morgan fingerprint density at radius 2 is 0.873 bits per heavy atom. The van der Waals surface area contributed by atoms with Gasteiger partial charge in [0.1, 0.15) is 12.2 Å². The van der Waals surface area contributed by atoms with Gasteiger partial charge in [-0.25, -0.2) is 9.59 Å². The molecule has 8 aromatic carbocycles. The van der Waals surface area contributed by atoms with Crippen LogP contribution < -0.4 is 5.32 Å². The van der Waals surface area contributed by atoms with E-state index in [9.17, 15) is 4.79 Å². The predicted molar refractivity (Wildman–Crippen MR) is 247 cm³/mol. The summed E-state index contributed by atoms with van der Waals surface area (Å²) in [4.78, 5) is 29.7. The summed E-state index contributed by atoms with van der Waals surface area (Å²) in [7, 11) is 0. The van der Waals surface area contributed by atoms with Crippen LogP contribution in [0.25, 0.3) is 11.1 Å². The van der Waals surface area contributed by atoms with Crippen LogP contribution in [0.15, 0.2) is 224 Å². The Kier molecular flexibility index (Phi) is 12.0. The molecule has 1 atom stereocenters. The van der Waals surface area contributed by atoms with Crippen LogP contribution in [0.1, 0.15) is 50.4 Å². The number of alkyl carbamates (subject to hydrolysis) is 1. The second kappa shape index (κ2) is 18.4. The fraction of sp³-hybridized carbons (Fsp3) is 0.107. The van der Waals surface area contributed by atoms with Crippen LogP contribution in [0.4, 0.5) is 4.79 Å². The lowest BCUT2D eigenvalue weighted by molar-refractivity contribution is -0.159. The van der Waals surface area contributed by atoms with Crippen molar-refractivity contribution < 1.29 is 23.8 Å². The molecule has 63 heavy (non-hydrogen) atoms. The third-order valence-corrected chi connectivity index (χ3v) is 12.1. The highest BCUT2D eigenvalue weighted by atomic mass is 35.5. The molecule has 0 bridgehead atoms. The van der Waals surface area contributed by atoms with E-state index < -0.39 is 29.3 Å². The minimum Gasteiger partial charge on any atom is -0.449 e. The van der Waals surface area contributed by atoms with Gasteiger partial charge < -0.3 is 19.5 Å². The number of benzene rings is 8. The van der Waals surface area contributed by atoms with E-state index in [0.717, 1.165) is 38.9 Å². The van der Waals surface area contributed by atoms with Crippen molar-refractivity contribution >= 4 is 23.7 Å². The maximum atomic E-state index is 15.4. The molecule has 0 radical (unpaired) electrons. The van der Waals surface area contributed by atoms with Gasteiger partial charge in [-0.15, -0.1) is 0 Å². The Balaban J connectivity index is 1.13. The molecule has 1 aliphatic carbocycles. The standard InChI is InChI=1S/C56H44ClNO5/c57-51-37-21-20-36-50(51)56(43-28-12-4-13-29-43,44-30-14-5-15-31-44)63-53(59)52(58-54(60)61-38-49-47-34-18-16-32-45(47)46-33-17-19-35-48(46)49)39-62-55(40-22-6-1-7-23-40,41-24-8-2-9-25-41)42-26-10-3-11-27-42/h1-37,49,52H,38-39H2,(H,58,60)/t52-/m0/s1. The van der Waals surface area contributed by atoms with Crippen LogP contribution >= 0.6 is 11.6 Å². The smallest absolute Gasteiger partial charge is 0.407 e. The van der Waals surface area contributed by atoms with E-state index in [-0.39, 0.29) is 19.1 Å². The van der Waals surface area contributed by atoms with Crippen molar-refractivity contribution in [2.24, 2.45) is 0 Å². The monoisotopic (exact) mass is 845 g/mol. The second-order valence-corrected chi connectivity index (χ2v) is 15.8. The average molecular weight is 846 g/mol. The molecule has 0 saturated heterocycles. The fourth-order valence-corrected chi connectivity index (χ4v) is 9.16. The largest absolute Gasteiger partial charge is 0.449 e. The van der Waals surface area contributed by atoms with E-state index in [2.05, 4.69) is 29.6 Å². The summed E-state index contributed by atoms with van der Waals surface area (Å²) in [6.07, 6.45) is -0.796. The Labute approximate surface area is 372 Å². The molecule has 0 aromatic heterocycles. The number of rotatable bonds is 14. The molecule has 0 unspecified atom stereocenters. The summed E-state index contributed by atoms with van der Waals surface area (Å²) in [5.41, 5.74) is 5.93. The normalized spacial score (nSPS) is 12.7. The van der Waals surface area contributed by atoms with Crippen molar-refractivity contribution in [1.82, 2.24) is 5.32 Å². The molecule has 0 heterocycles. The van der Waals surface area contributed by atoms with Crippen LogP contribution in [0.2, 0.25) is 5.02 Å². The number of esters is 1. The Hall–Kier alpha value is -7.25. The SMILES string of the molecule is O=C(N[C@@H](COC(c1ccccc1)(c1ccccc1)c1ccccc1)C(=O)OC(c1ccccc1)(c1ccccc1)c1ccccc1Cl)OCC1c2ccccc2-c2ccccc21. The number of carbonyl (C=O) groups is 2. The zero-order chi connectivity index (χ0) is 43.1. The maximum absolute atomic E-state index is 15.4. The van der Waals surface area contributed by atoms with Crippen molar-refractivity contribution in [2.75, 3.05) is 13.2 Å². The highest BCUT2D eigenvalue weighted by Crippen LogP contribution is 2.46. The first kappa shape index (κ1) is 41.1. The number of carbonyl (C=O) groups excluding carboxylic acids is 2. The average Bonchev–Trinajstić information content (AvgIpc) is 3.67. The molecule has 310 valence electrons. The summed E-state index contributed by atoms with van der Waals surface area (Å²) in [5.74, 6) is -0.963. The minimum absolute atomic E-state index is 0.0437. The van der Waals surface area contributed by atoms with Gasteiger partial charge in [-0.2, -0.15) is 0 Å². The van der Waals surface area contributed by atoms with E-state index in [1.54, 1.807) is 6.07 Å². The Morgan fingerprint density at radius 1 is 0.492 bits per heavy atom.